The first-order valence-corrected chi connectivity index (χ1v) is 4.92. The number of hydrogen-bond donors (Lipinski definition) is 1. The minimum Gasteiger partial charge on any atom is -0.367 e. The van der Waals surface area contributed by atoms with E-state index in [1.807, 2.05) is 0 Å². The summed E-state index contributed by atoms with van der Waals surface area (Å²) in [7, 11) is 0. The van der Waals surface area contributed by atoms with Gasteiger partial charge in [-0.25, -0.2) is 9.37 Å². The van der Waals surface area contributed by atoms with Crippen molar-refractivity contribution in [1.29, 1.82) is 0 Å². The monoisotopic (exact) mass is 226 g/mol. The van der Waals surface area contributed by atoms with E-state index in [2.05, 4.69) is 11.6 Å². The number of aromatic nitrogens is 1. The number of ether oxygens (including phenoxy) is 1. The van der Waals surface area contributed by atoms with E-state index in [1.54, 1.807) is 0 Å². The van der Waals surface area contributed by atoms with Crippen LogP contribution >= 0.6 is 0 Å². The zero-order chi connectivity index (χ0) is 11.7. The molecule has 2 atom stereocenters. The summed E-state index contributed by atoms with van der Waals surface area (Å²) in [6, 6.07) is 0.653. The van der Waals surface area contributed by atoms with Crippen molar-refractivity contribution in [2.75, 3.05) is 6.61 Å². The quantitative estimate of drug-likeness (QED) is 0.585. The van der Waals surface area contributed by atoms with Crippen LogP contribution in [-0.2, 0) is 4.74 Å². The van der Waals surface area contributed by atoms with Gasteiger partial charge in [-0.15, -0.1) is 0 Å². The number of hydrogen-bond acceptors (Lipinski definition) is 3. The Hall–Kier alpha value is -1.33. The van der Waals surface area contributed by atoms with Crippen LogP contribution in [-0.4, -0.2) is 17.6 Å². The predicted molar refractivity (Wildman–Crippen MR) is 54.6 cm³/mol. The van der Waals surface area contributed by atoms with Crippen molar-refractivity contribution in [1.82, 2.24) is 4.98 Å². The topological polar surface area (TPSA) is 48.1 Å². The molecule has 16 heavy (non-hydrogen) atoms. The van der Waals surface area contributed by atoms with E-state index >= 15 is 0 Å². The van der Waals surface area contributed by atoms with Crippen molar-refractivity contribution in [3.05, 3.63) is 41.7 Å². The van der Waals surface area contributed by atoms with Gasteiger partial charge in [-0.1, -0.05) is 12.2 Å². The van der Waals surface area contributed by atoms with Crippen LogP contribution in [0, 0.1) is 11.8 Å². The smallest absolute Gasteiger partial charge is 0.218 e. The number of rotatable bonds is 1. The summed E-state index contributed by atoms with van der Waals surface area (Å²) in [5, 5.41) is 0. The minimum atomic E-state index is -0.741. The van der Waals surface area contributed by atoms with Crippen LogP contribution in [0.15, 0.2) is 24.4 Å². The molecule has 2 rings (SSSR count). The average Bonchev–Trinajstić information content (AvgIpc) is 2.22. The number of halogens is 2. The molecule has 86 valence electrons. The molecule has 0 radical (unpaired) electrons. The lowest BCUT2D eigenvalue weighted by Crippen LogP contribution is -2.36. The molecule has 5 heteroatoms. The van der Waals surface area contributed by atoms with Crippen molar-refractivity contribution in [2.45, 2.75) is 18.6 Å². The molecule has 0 aliphatic carbocycles. The molecular formula is C11H12F2N2O. The van der Waals surface area contributed by atoms with E-state index in [-0.39, 0.29) is 5.56 Å². The maximum atomic E-state index is 13.4. The van der Waals surface area contributed by atoms with Crippen LogP contribution in [0.4, 0.5) is 8.78 Å². The van der Waals surface area contributed by atoms with Crippen LogP contribution in [0.25, 0.3) is 0 Å². The Morgan fingerprint density at radius 3 is 2.94 bits per heavy atom. The van der Waals surface area contributed by atoms with E-state index in [4.69, 9.17) is 10.5 Å². The lowest BCUT2D eigenvalue weighted by Gasteiger charge is -2.30. The highest BCUT2D eigenvalue weighted by molar-refractivity contribution is 5.20. The molecule has 1 aliphatic heterocycles. The Labute approximate surface area is 91.9 Å². The third-order valence-corrected chi connectivity index (χ3v) is 2.52. The van der Waals surface area contributed by atoms with Gasteiger partial charge in [0.15, 0.2) is 0 Å². The van der Waals surface area contributed by atoms with E-state index in [0.29, 0.717) is 13.0 Å². The molecule has 0 aromatic carbocycles. The Balaban J connectivity index is 2.29. The van der Waals surface area contributed by atoms with E-state index in [0.717, 1.165) is 17.8 Å². The molecule has 3 nitrogen and oxygen atoms in total. The molecule has 0 spiro atoms. The largest absolute Gasteiger partial charge is 0.367 e. The first-order chi connectivity index (χ1) is 7.58. The van der Waals surface area contributed by atoms with Crippen LogP contribution in [0.5, 0.6) is 0 Å². The van der Waals surface area contributed by atoms with Gasteiger partial charge in [-0.2, -0.15) is 4.39 Å². The van der Waals surface area contributed by atoms with Crippen molar-refractivity contribution in [3.8, 4) is 0 Å². The fourth-order valence-corrected chi connectivity index (χ4v) is 1.79. The summed E-state index contributed by atoms with van der Waals surface area (Å²) < 4.78 is 31.7. The van der Waals surface area contributed by atoms with Crippen molar-refractivity contribution in [2.24, 2.45) is 5.73 Å². The molecule has 0 bridgehead atoms. The molecule has 2 N–H and O–H groups in total. The Bertz CT molecular complexity index is 422. The number of pyridine rings is 1. The van der Waals surface area contributed by atoms with Crippen molar-refractivity contribution in [3.63, 3.8) is 0 Å². The van der Waals surface area contributed by atoms with Gasteiger partial charge in [0, 0.05) is 11.6 Å². The highest BCUT2D eigenvalue weighted by Gasteiger charge is 2.29. The van der Waals surface area contributed by atoms with Crippen LogP contribution in [0.2, 0.25) is 0 Å². The Kier molecular flexibility index (Phi) is 2.98. The van der Waals surface area contributed by atoms with Gasteiger partial charge >= 0.3 is 0 Å². The highest BCUT2D eigenvalue weighted by atomic mass is 19.1. The van der Waals surface area contributed by atoms with Gasteiger partial charge in [-0.05, 0) is 12.5 Å². The molecule has 0 saturated carbocycles. The molecule has 2 unspecified atom stereocenters. The van der Waals surface area contributed by atoms with Crippen molar-refractivity contribution < 1.29 is 13.5 Å². The third-order valence-electron chi connectivity index (χ3n) is 2.52. The minimum absolute atomic E-state index is 0.0694. The van der Waals surface area contributed by atoms with Gasteiger partial charge in [0.2, 0.25) is 5.95 Å². The van der Waals surface area contributed by atoms with Crippen LogP contribution in [0.1, 0.15) is 18.1 Å². The second-order valence-electron chi connectivity index (χ2n) is 3.88. The zero-order valence-corrected chi connectivity index (χ0v) is 8.62. The first-order valence-electron chi connectivity index (χ1n) is 4.92. The molecule has 1 saturated heterocycles. The number of nitrogens with zero attached hydrogens (tertiary/aromatic N) is 1. The summed E-state index contributed by atoms with van der Waals surface area (Å²) in [5.41, 5.74) is 6.74. The third kappa shape index (κ3) is 2.10. The lowest BCUT2D eigenvalue weighted by molar-refractivity contribution is 0.0239. The van der Waals surface area contributed by atoms with E-state index < -0.39 is 23.9 Å². The Morgan fingerprint density at radius 1 is 1.50 bits per heavy atom. The van der Waals surface area contributed by atoms with Crippen LogP contribution < -0.4 is 5.73 Å². The SMILES string of the molecule is C=C1COC(c2cc(F)cnc2F)C(N)C1. The summed E-state index contributed by atoms with van der Waals surface area (Å²) in [5.74, 6) is -1.34. The molecule has 1 aliphatic rings. The predicted octanol–water partition coefficient (Wildman–Crippen LogP) is 1.70. The van der Waals surface area contributed by atoms with Gasteiger partial charge in [-0.3, -0.25) is 0 Å². The molecule has 1 aromatic heterocycles. The fraction of sp³-hybridized carbons (Fsp3) is 0.364. The van der Waals surface area contributed by atoms with Crippen LogP contribution in [0.3, 0.4) is 0 Å². The lowest BCUT2D eigenvalue weighted by atomic mass is 9.95. The second-order valence-corrected chi connectivity index (χ2v) is 3.88. The Morgan fingerprint density at radius 2 is 2.25 bits per heavy atom. The first kappa shape index (κ1) is 11.2. The molecular weight excluding hydrogens is 214 g/mol. The summed E-state index contributed by atoms with van der Waals surface area (Å²) in [4.78, 5) is 3.31. The average molecular weight is 226 g/mol. The fourth-order valence-electron chi connectivity index (χ4n) is 1.79. The summed E-state index contributed by atoms with van der Waals surface area (Å²) in [6.07, 6.45) is 0.709. The van der Waals surface area contributed by atoms with Crippen molar-refractivity contribution >= 4 is 0 Å². The summed E-state index contributed by atoms with van der Waals surface area (Å²) >= 11 is 0. The van der Waals surface area contributed by atoms with Gasteiger partial charge in [0.1, 0.15) is 11.9 Å². The molecule has 1 fully saturated rings. The molecule has 1 aromatic rings. The number of nitrogens with two attached hydrogens (primary N) is 1. The van der Waals surface area contributed by atoms with E-state index in [1.165, 1.54) is 0 Å². The summed E-state index contributed by atoms with van der Waals surface area (Å²) in [6.45, 7) is 4.06. The zero-order valence-electron chi connectivity index (χ0n) is 8.62. The maximum absolute atomic E-state index is 13.4. The van der Waals surface area contributed by atoms with Gasteiger partial charge < -0.3 is 10.5 Å². The second kappa shape index (κ2) is 4.27. The standard InChI is InChI=1S/C11H12F2N2O/c1-6-2-9(14)10(16-5-6)8-3-7(12)4-15-11(8)13/h3-4,9-10H,1-2,5,14H2. The van der Waals surface area contributed by atoms with Gasteiger partial charge in [0.25, 0.3) is 0 Å². The maximum Gasteiger partial charge on any atom is 0.218 e. The molecule has 2 heterocycles. The molecule has 0 amide bonds. The van der Waals surface area contributed by atoms with Gasteiger partial charge in [0.05, 0.1) is 12.8 Å². The highest BCUT2D eigenvalue weighted by Crippen LogP contribution is 2.30. The normalized spacial score (nSPS) is 25.8. The van der Waals surface area contributed by atoms with E-state index in [9.17, 15) is 8.78 Å².